The van der Waals surface area contributed by atoms with Crippen LogP contribution in [0, 0.1) is 0 Å². The number of carbonyl (C=O) groups is 2. The van der Waals surface area contributed by atoms with Gasteiger partial charge < -0.3 is 13.9 Å². The second-order valence-electron chi connectivity index (χ2n) is 5.64. The van der Waals surface area contributed by atoms with Crippen LogP contribution in [-0.2, 0) is 0 Å². The molecule has 0 atom stereocenters. The zero-order valence-corrected chi connectivity index (χ0v) is 15.1. The SMILES string of the molecule is O=C(Oc1ccc2c(c1)O/C(=C\c1ccc(Cl)c(Cl)c1)C2=O)c1ccco1. The Morgan fingerprint density at radius 3 is 2.63 bits per heavy atom. The van der Waals surface area contributed by atoms with Crippen LogP contribution in [-0.4, -0.2) is 11.8 Å². The van der Waals surface area contributed by atoms with E-state index in [1.807, 2.05) is 0 Å². The molecule has 134 valence electrons. The number of ketones is 1. The molecule has 27 heavy (non-hydrogen) atoms. The molecule has 0 amide bonds. The van der Waals surface area contributed by atoms with E-state index in [-0.39, 0.29) is 23.1 Å². The van der Waals surface area contributed by atoms with Crippen molar-refractivity contribution in [1.82, 2.24) is 0 Å². The van der Waals surface area contributed by atoms with Gasteiger partial charge in [-0.05, 0) is 48.0 Å². The second-order valence-corrected chi connectivity index (χ2v) is 6.45. The molecule has 0 saturated carbocycles. The third kappa shape index (κ3) is 3.47. The van der Waals surface area contributed by atoms with E-state index >= 15 is 0 Å². The first-order chi connectivity index (χ1) is 13.0. The van der Waals surface area contributed by atoms with Gasteiger partial charge in [0.15, 0.2) is 5.76 Å². The van der Waals surface area contributed by atoms with Crippen LogP contribution in [0.3, 0.4) is 0 Å². The maximum atomic E-state index is 12.5. The van der Waals surface area contributed by atoms with Crippen molar-refractivity contribution in [2.45, 2.75) is 0 Å². The van der Waals surface area contributed by atoms with Gasteiger partial charge in [0.25, 0.3) is 0 Å². The summed E-state index contributed by atoms with van der Waals surface area (Å²) in [7, 11) is 0. The number of hydrogen-bond acceptors (Lipinski definition) is 5. The normalized spacial score (nSPS) is 14.1. The largest absolute Gasteiger partial charge is 0.457 e. The van der Waals surface area contributed by atoms with Crippen molar-refractivity contribution < 1.29 is 23.5 Å². The molecule has 0 bridgehead atoms. The summed E-state index contributed by atoms with van der Waals surface area (Å²) in [6.07, 6.45) is 2.94. The lowest BCUT2D eigenvalue weighted by molar-refractivity contribution is 0.0701. The molecule has 2 aromatic carbocycles. The number of Topliss-reactive ketones (excluding diaryl/α,β-unsaturated/α-hetero) is 1. The van der Waals surface area contributed by atoms with E-state index in [1.54, 1.807) is 30.3 Å². The lowest BCUT2D eigenvalue weighted by Gasteiger charge is -2.04. The number of benzene rings is 2. The number of esters is 1. The molecule has 0 saturated heterocycles. The maximum absolute atomic E-state index is 12.5. The molecule has 1 aliphatic heterocycles. The lowest BCUT2D eigenvalue weighted by Crippen LogP contribution is -2.07. The van der Waals surface area contributed by atoms with Crippen molar-refractivity contribution in [2.75, 3.05) is 0 Å². The predicted octanol–water partition coefficient (Wildman–Crippen LogP) is 5.42. The molecule has 5 nitrogen and oxygen atoms in total. The van der Waals surface area contributed by atoms with Gasteiger partial charge in [0, 0.05) is 6.07 Å². The average molecular weight is 401 g/mol. The molecule has 0 aliphatic carbocycles. The van der Waals surface area contributed by atoms with Crippen molar-refractivity contribution in [2.24, 2.45) is 0 Å². The van der Waals surface area contributed by atoms with E-state index < -0.39 is 5.97 Å². The Morgan fingerprint density at radius 2 is 1.89 bits per heavy atom. The zero-order chi connectivity index (χ0) is 19.0. The maximum Gasteiger partial charge on any atom is 0.379 e. The summed E-state index contributed by atoms with van der Waals surface area (Å²) in [4.78, 5) is 24.4. The van der Waals surface area contributed by atoms with Crippen LogP contribution in [0.5, 0.6) is 11.5 Å². The molecule has 4 rings (SSSR count). The predicted molar refractivity (Wildman–Crippen MR) is 99.5 cm³/mol. The first kappa shape index (κ1) is 17.4. The molecular weight excluding hydrogens is 391 g/mol. The summed E-state index contributed by atoms with van der Waals surface area (Å²) < 4.78 is 15.8. The van der Waals surface area contributed by atoms with Gasteiger partial charge in [-0.2, -0.15) is 0 Å². The summed E-state index contributed by atoms with van der Waals surface area (Å²) in [5.41, 5.74) is 1.05. The Labute approximate surface area is 163 Å². The first-order valence-electron chi connectivity index (χ1n) is 7.80. The lowest BCUT2D eigenvalue weighted by atomic mass is 10.1. The van der Waals surface area contributed by atoms with Gasteiger partial charge in [-0.25, -0.2) is 4.79 Å². The van der Waals surface area contributed by atoms with E-state index in [2.05, 4.69) is 0 Å². The fourth-order valence-corrected chi connectivity index (χ4v) is 2.84. The monoisotopic (exact) mass is 400 g/mol. The van der Waals surface area contributed by atoms with Gasteiger partial charge in [0.05, 0.1) is 21.9 Å². The highest BCUT2D eigenvalue weighted by atomic mass is 35.5. The van der Waals surface area contributed by atoms with E-state index in [0.717, 1.165) is 0 Å². The average Bonchev–Trinajstić information content (AvgIpc) is 3.27. The van der Waals surface area contributed by atoms with Crippen molar-refractivity contribution >= 4 is 41.0 Å². The van der Waals surface area contributed by atoms with Crippen molar-refractivity contribution in [1.29, 1.82) is 0 Å². The van der Waals surface area contributed by atoms with Crippen LogP contribution < -0.4 is 9.47 Å². The molecule has 7 heteroatoms. The Hall–Kier alpha value is -3.02. The van der Waals surface area contributed by atoms with Gasteiger partial charge in [-0.15, -0.1) is 0 Å². The molecule has 0 N–H and O–H groups in total. The molecule has 2 heterocycles. The third-order valence-electron chi connectivity index (χ3n) is 3.82. The van der Waals surface area contributed by atoms with Gasteiger partial charge in [-0.1, -0.05) is 29.3 Å². The van der Waals surface area contributed by atoms with Crippen LogP contribution in [0.1, 0.15) is 26.5 Å². The zero-order valence-electron chi connectivity index (χ0n) is 13.6. The van der Waals surface area contributed by atoms with Crippen molar-refractivity contribution in [3.63, 3.8) is 0 Å². The minimum absolute atomic E-state index is 0.0766. The minimum Gasteiger partial charge on any atom is -0.457 e. The van der Waals surface area contributed by atoms with E-state index in [4.69, 9.17) is 37.1 Å². The molecule has 0 unspecified atom stereocenters. The summed E-state index contributed by atoms with van der Waals surface area (Å²) in [5, 5.41) is 0.796. The number of rotatable bonds is 3. The summed E-state index contributed by atoms with van der Waals surface area (Å²) in [5.74, 6) is -0.170. The quantitative estimate of drug-likeness (QED) is 0.333. The minimum atomic E-state index is -0.643. The Balaban J connectivity index is 1.57. The highest BCUT2D eigenvalue weighted by Crippen LogP contribution is 2.35. The van der Waals surface area contributed by atoms with E-state index in [9.17, 15) is 9.59 Å². The fourth-order valence-electron chi connectivity index (χ4n) is 2.54. The number of carbonyl (C=O) groups excluding carboxylic acids is 2. The molecule has 0 fully saturated rings. The van der Waals surface area contributed by atoms with Crippen LogP contribution >= 0.6 is 23.2 Å². The molecule has 0 radical (unpaired) electrons. The topological polar surface area (TPSA) is 65.7 Å². The molecule has 1 aliphatic rings. The number of halogens is 2. The Bertz CT molecular complexity index is 1080. The number of ether oxygens (including phenoxy) is 2. The number of hydrogen-bond donors (Lipinski definition) is 0. The standard InChI is InChI=1S/C20H10Cl2O5/c21-14-6-3-11(8-15(14)22)9-18-19(23)13-5-4-12(10-17(13)27-18)26-20(24)16-2-1-7-25-16/h1-10H/b18-9-. The van der Waals surface area contributed by atoms with Gasteiger partial charge in [0.1, 0.15) is 11.5 Å². The molecule has 1 aromatic heterocycles. The second kappa shape index (κ2) is 6.95. The fraction of sp³-hybridized carbons (Fsp3) is 0. The summed E-state index contributed by atoms with van der Waals surface area (Å²) in [6.45, 7) is 0. The van der Waals surface area contributed by atoms with E-state index in [0.29, 0.717) is 26.9 Å². The Morgan fingerprint density at radius 1 is 1.04 bits per heavy atom. The van der Waals surface area contributed by atoms with Gasteiger partial charge >= 0.3 is 5.97 Å². The van der Waals surface area contributed by atoms with Crippen LogP contribution in [0.2, 0.25) is 10.0 Å². The third-order valence-corrected chi connectivity index (χ3v) is 4.55. The summed E-state index contributed by atoms with van der Waals surface area (Å²) in [6, 6.07) is 12.6. The van der Waals surface area contributed by atoms with Crippen LogP contribution in [0.4, 0.5) is 0 Å². The Kier molecular flexibility index (Phi) is 4.48. The van der Waals surface area contributed by atoms with Crippen molar-refractivity contribution in [3.8, 4) is 11.5 Å². The van der Waals surface area contributed by atoms with E-state index in [1.165, 1.54) is 30.5 Å². The van der Waals surface area contributed by atoms with Gasteiger partial charge in [0.2, 0.25) is 11.5 Å². The number of fused-ring (bicyclic) bond motifs is 1. The van der Waals surface area contributed by atoms with Crippen LogP contribution in [0.25, 0.3) is 6.08 Å². The number of furan rings is 1. The highest BCUT2D eigenvalue weighted by Gasteiger charge is 2.28. The van der Waals surface area contributed by atoms with Crippen molar-refractivity contribution in [3.05, 3.63) is 87.5 Å². The summed E-state index contributed by atoms with van der Waals surface area (Å²) >= 11 is 11.9. The molecular formula is C20H10Cl2O5. The van der Waals surface area contributed by atoms with Gasteiger partial charge in [-0.3, -0.25) is 4.79 Å². The molecule has 3 aromatic rings. The first-order valence-corrected chi connectivity index (χ1v) is 8.56. The van der Waals surface area contributed by atoms with Crippen LogP contribution in [0.15, 0.2) is 65.0 Å². The molecule has 0 spiro atoms. The number of allylic oxidation sites excluding steroid dienone is 1. The smallest absolute Gasteiger partial charge is 0.379 e. The highest BCUT2D eigenvalue weighted by molar-refractivity contribution is 6.42.